The number of anilines is 2. The molecule has 2 N–H and O–H groups in total. The summed E-state index contributed by atoms with van der Waals surface area (Å²) < 4.78 is 72.9. The first-order valence-corrected chi connectivity index (χ1v) is 23.8. The van der Waals surface area contributed by atoms with Crippen molar-refractivity contribution in [2.75, 3.05) is 29.8 Å². The highest BCUT2D eigenvalue weighted by Gasteiger charge is 2.40. The zero-order valence-corrected chi connectivity index (χ0v) is 38.9. The predicted molar refractivity (Wildman–Crippen MR) is 249 cm³/mol. The van der Waals surface area contributed by atoms with Crippen molar-refractivity contribution >= 4 is 43.5 Å². The molecular weight excluding hydrogens is 837 g/mol. The molecule has 14 heteroatoms. The first-order valence-electron chi connectivity index (χ1n) is 21.0. The van der Waals surface area contributed by atoms with Crippen LogP contribution in [0.4, 0.5) is 16.2 Å². The Hall–Kier alpha value is -5.70. The average Bonchev–Trinajstić information content (AvgIpc) is 3.23. The van der Waals surface area contributed by atoms with Gasteiger partial charge in [-0.2, -0.15) is 4.31 Å². The number of para-hydroxylation sites is 2. The Morgan fingerprint density at radius 2 is 1.11 bits per heavy atom. The van der Waals surface area contributed by atoms with E-state index in [0.29, 0.717) is 5.69 Å². The van der Waals surface area contributed by atoms with Crippen LogP contribution in [-0.4, -0.2) is 77.1 Å². The van der Waals surface area contributed by atoms with Gasteiger partial charge in [-0.15, -0.1) is 0 Å². The Morgan fingerprint density at radius 1 is 0.635 bits per heavy atom. The van der Waals surface area contributed by atoms with Crippen LogP contribution in [0.2, 0.25) is 0 Å². The van der Waals surface area contributed by atoms with Crippen LogP contribution < -0.4 is 14.9 Å². The number of esters is 1. The molecule has 0 aliphatic rings. The van der Waals surface area contributed by atoms with Crippen molar-refractivity contribution < 1.29 is 35.9 Å². The molecule has 0 saturated carbocycles. The number of nitrogens with one attached hydrogen (secondary N) is 2. The molecule has 0 aromatic heterocycles. The quantitative estimate of drug-likeness (QED) is 0.0778. The summed E-state index contributed by atoms with van der Waals surface area (Å²) in [5.41, 5.74) is 3.28. The normalized spacial score (nSPS) is 13.5. The van der Waals surface area contributed by atoms with E-state index in [-0.39, 0.29) is 41.4 Å². The summed E-state index contributed by atoms with van der Waals surface area (Å²) in [7, 11) is -7.43. The van der Waals surface area contributed by atoms with Crippen LogP contribution in [0.3, 0.4) is 0 Å². The summed E-state index contributed by atoms with van der Waals surface area (Å²) in [4.78, 5) is 27.0. The SMILES string of the molecule is COC(=O)[C@H](C(C)C)N(C[C@H](Cc1ccccc1)Nc1ccccc1N(C[C@H](Cc1ccccc1)NC(=O)OC(C)(C)C)S(=O)(=O)c1ccc(C)cc1)S(=O)(=O)c1ccc(C)cc1. The standard InChI is InChI=1S/C49H60N4O8S2/c1-35(2)46(47(54)60-8)53(63(58,59)43-29-25-37(4)26-30-43)34-40(31-38-17-11-9-12-18-38)50-44-21-15-16-22-45(44)52(62(56,57)42-27-23-36(3)24-28-42)33-41(32-39-19-13-10-14-20-39)51-48(55)61-49(5,6)7/h9-30,35,40-41,46,50H,31-34H2,1-8H3,(H,51,55)/t40-,41-,46-/m0/s1. The lowest BCUT2D eigenvalue weighted by Gasteiger charge is -2.36. The molecular formula is C49H60N4O8S2. The molecule has 0 bridgehead atoms. The van der Waals surface area contributed by atoms with E-state index < -0.39 is 61.8 Å². The summed E-state index contributed by atoms with van der Waals surface area (Å²) in [5, 5.41) is 6.49. The molecule has 1 amide bonds. The fourth-order valence-electron chi connectivity index (χ4n) is 7.26. The average molecular weight is 897 g/mol. The molecule has 63 heavy (non-hydrogen) atoms. The molecule has 5 aromatic carbocycles. The Balaban J connectivity index is 1.67. The van der Waals surface area contributed by atoms with Crippen LogP contribution in [0.1, 0.15) is 56.9 Å². The van der Waals surface area contributed by atoms with Gasteiger partial charge >= 0.3 is 12.1 Å². The Bertz CT molecular complexity index is 2490. The minimum absolute atomic E-state index is 0.0128. The number of amides is 1. The first kappa shape index (κ1) is 48.3. The summed E-state index contributed by atoms with van der Waals surface area (Å²) in [6.45, 7) is 12.1. The second-order valence-corrected chi connectivity index (χ2v) is 20.8. The van der Waals surface area contributed by atoms with E-state index in [1.807, 2.05) is 74.5 Å². The zero-order chi connectivity index (χ0) is 46.0. The molecule has 0 saturated heterocycles. The van der Waals surface area contributed by atoms with E-state index in [9.17, 15) is 18.0 Å². The molecule has 0 aliphatic heterocycles. The Kier molecular flexibility index (Phi) is 16.2. The molecule has 0 unspecified atom stereocenters. The molecule has 0 radical (unpaired) electrons. The topological polar surface area (TPSA) is 151 Å². The number of rotatable bonds is 19. The molecule has 5 rings (SSSR count). The van der Waals surface area contributed by atoms with Gasteiger partial charge in [0.25, 0.3) is 10.0 Å². The summed E-state index contributed by atoms with van der Waals surface area (Å²) in [6.07, 6.45) is -0.157. The van der Waals surface area contributed by atoms with Crippen molar-refractivity contribution in [3.05, 3.63) is 156 Å². The smallest absolute Gasteiger partial charge is 0.407 e. The monoisotopic (exact) mass is 896 g/mol. The molecule has 0 aliphatic carbocycles. The van der Waals surface area contributed by atoms with Crippen molar-refractivity contribution in [1.29, 1.82) is 0 Å². The number of aryl methyl sites for hydroxylation is 2. The fraction of sp³-hybridized carbons (Fsp3) is 0.347. The largest absolute Gasteiger partial charge is 0.468 e. The van der Waals surface area contributed by atoms with Crippen molar-refractivity contribution in [2.45, 2.75) is 94.8 Å². The molecule has 0 fully saturated rings. The van der Waals surface area contributed by atoms with Crippen molar-refractivity contribution in [1.82, 2.24) is 9.62 Å². The van der Waals surface area contributed by atoms with Crippen LogP contribution in [0.15, 0.2) is 143 Å². The van der Waals surface area contributed by atoms with Crippen molar-refractivity contribution in [2.24, 2.45) is 5.92 Å². The molecule has 3 atom stereocenters. The van der Waals surface area contributed by atoms with Crippen molar-refractivity contribution in [3.8, 4) is 0 Å². The third-order valence-corrected chi connectivity index (χ3v) is 14.0. The Morgan fingerprint density at radius 3 is 1.60 bits per heavy atom. The number of carbonyl (C=O) groups is 2. The van der Waals surface area contributed by atoms with Gasteiger partial charge in [0, 0.05) is 12.6 Å². The lowest BCUT2D eigenvalue weighted by molar-refractivity contribution is -0.146. The summed E-state index contributed by atoms with van der Waals surface area (Å²) >= 11 is 0. The highest BCUT2D eigenvalue weighted by atomic mass is 32.2. The van der Waals surface area contributed by atoms with Crippen LogP contribution in [0, 0.1) is 19.8 Å². The van der Waals surface area contributed by atoms with Gasteiger partial charge in [-0.05, 0) is 101 Å². The third kappa shape index (κ3) is 13.2. The van der Waals surface area contributed by atoms with E-state index in [1.165, 1.54) is 27.9 Å². The van der Waals surface area contributed by atoms with Gasteiger partial charge in [0.2, 0.25) is 10.0 Å². The van der Waals surface area contributed by atoms with E-state index in [0.717, 1.165) is 22.3 Å². The van der Waals surface area contributed by atoms with Gasteiger partial charge in [-0.3, -0.25) is 9.10 Å². The van der Waals surface area contributed by atoms with Crippen LogP contribution in [0.25, 0.3) is 0 Å². The Labute approximate surface area is 373 Å². The number of sulfonamides is 2. The van der Waals surface area contributed by atoms with Gasteiger partial charge in [0.1, 0.15) is 11.6 Å². The molecule has 0 spiro atoms. The van der Waals surface area contributed by atoms with E-state index in [4.69, 9.17) is 9.47 Å². The van der Waals surface area contributed by atoms with Crippen molar-refractivity contribution in [3.63, 3.8) is 0 Å². The minimum Gasteiger partial charge on any atom is -0.468 e. The number of benzene rings is 5. The summed E-state index contributed by atoms with van der Waals surface area (Å²) in [6, 6.07) is 36.1. The van der Waals surface area contributed by atoms with E-state index in [2.05, 4.69) is 10.6 Å². The van der Waals surface area contributed by atoms with E-state index in [1.54, 1.807) is 95.3 Å². The maximum atomic E-state index is 15.1. The lowest BCUT2D eigenvalue weighted by Crippen LogP contribution is -2.52. The number of methoxy groups -OCH3 is 1. The number of carbonyl (C=O) groups excluding carboxylic acids is 2. The van der Waals surface area contributed by atoms with Crippen LogP contribution >= 0.6 is 0 Å². The zero-order valence-electron chi connectivity index (χ0n) is 37.3. The summed E-state index contributed by atoms with van der Waals surface area (Å²) in [5.74, 6) is -1.20. The molecule has 5 aromatic rings. The number of hydrogen-bond donors (Lipinski definition) is 2. The van der Waals surface area contributed by atoms with Gasteiger partial charge in [0.05, 0.1) is 40.9 Å². The van der Waals surface area contributed by atoms with E-state index >= 15 is 8.42 Å². The number of hydrogen-bond acceptors (Lipinski definition) is 9. The number of alkyl carbamates (subject to hydrolysis) is 1. The number of nitrogens with zero attached hydrogens (tertiary/aromatic N) is 2. The highest BCUT2D eigenvalue weighted by molar-refractivity contribution is 7.92. The number of ether oxygens (including phenoxy) is 2. The third-order valence-electron chi connectivity index (χ3n) is 10.3. The molecule has 12 nitrogen and oxygen atoms in total. The highest BCUT2D eigenvalue weighted by Crippen LogP contribution is 2.34. The maximum Gasteiger partial charge on any atom is 0.407 e. The van der Waals surface area contributed by atoms with Crippen LogP contribution in [-0.2, 0) is 47.2 Å². The van der Waals surface area contributed by atoms with Gasteiger partial charge in [-0.25, -0.2) is 21.6 Å². The van der Waals surface area contributed by atoms with Gasteiger partial charge in [0.15, 0.2) is 0 Å². The van der Waals surface area contributed by atoms with Crippen LogP contribution in [0.5, 0.6) is 0 Å². The van der Waals surface area contributed by atoms with Gasteiger partial charge < -0.3 is 20.1 Å². The maximum absolute atomic E-state index is 15.1. The lowest BCUT2D eigenvalue weighted by atomic mass is 10.0. The minimum atomic E-state index is -4.34. The second-order valence-electron chi connectivity index (χ2n) is 17.0. The first-order chi connectivity index (χ1) is 29.8. The fourth-order valence-corrected chi connectivity index (χ4v) is 10.5. The molecule has 0 heterocycles. The predicted octanol–water partition coefficient (Wildman–Crippen LogP) is 8.55. The second kappa shape index (κ2) is 21.1. The van der Waals surface area contributed by atoms with Gasteiger partial charge in [-0.1, -0.05) is 122 Å². The molecule has 336 valence electrons.